The fraction of sp³-hybridized carbons (Fsp3) is 0.0213. The van der Waals surface area contributed by atoms with Crippen LogP contribution in [0.15, 0.2) is 168 Å². The normalized spacial score (nSPS) is 13.2. The number of anilines is 2. The van der Waals surface area contributed by atoms with Gasteiger partial charge in [-0.05, 0) is 69.6 Å². The molecule has 0 atom stereocenters. The highest BCUT2D eigenvalue weighted by Crippen LogP contribution is 2.51. The second-order valence-corrected chi connectivity index (χ2v) is 14.8. The van der Waals surface area contributed by atoms with Crippen LogP contribution in [0.25, 0.3) is 82.6 Å². The molecule has 0 amide bonds. The van der Waals surface area contributed by atoms with E-state index in [4.69, 9.17) is 9.97 Å². The predicted octanol–water partition coefficient (Wildman–Crippen LogP) is 12.5. The SMILES string of the molecule is c1ccc(N2Cc3ccc4c5c6ccc7ccccc7c6ccc5n(-c5nc6c7c(cccc7n5)Sc5ccccc5-6)c4c3-c3ccccc32)cc1. The summed E-state index contributed by atoms with van der Waals surface area (Å²) >= 11 is 1.80. The van der Waals surface area contributed by atoms with Gasteiger partial charge in [-0.25, -0.2) is 9.97 Å². The van der Waals surface area contributed by atoms with Gasteiger partial charge in [0.15, 0.2) is 0 Å². The van der Waals surface area contributed by atoms with Gasteiger partial charge in [-0.1, -0.05) is 127 Å². The number of aromatic nitrogens is 3. The van der Waals surface area contributed by atoms with Crippen LogP contribution in [0.5, 0.6) is 0 Å². The summed E-state index contributed by atoms with van der Waals surface area (Å²) in [4.78, 5) is 15.8. The minimum absolute atomic E-state index is 0.692. The van der Waals surface area contributed by atoms with Crippen LogP contribution in [-0.4, -0.2) is 14.5 Å². The van der Waals surface area contributed by atoms with Gasteiger partial charge in [-0.3, -0.25) is 4.57 Å². The first kappa shape index (κ1) is 28.3. The van der Waals surface area contributed by atoms with Gasteiger partial charge >= 0.3 is 0 Å². The van der Waals surface area contributed by atoms with E-state index in [1.54, 1.807) is 11.8 Å². The molecule has 242 valence electrons. The molecule has 2 aliphatic rings. The highest BCUT2D eigenvalue weighted by Gasteiger charge is 2.30. The molecule has 2 aromatic heterocycles. The molecule has 52 heavy (non-hydrogen) atoms. The Balaban J connectivity index is 1.24. The lowest BCUT2D eigenvalue weighted by Gasteiger charge is -2.33. The topological polar surface area (TPSA) is 34.0 Å². The maximum atomic E-state index is 5.54. The number of hydrogen-bond acceptors (Lipinski definition) is 4. The van der Waals surface area contributed by atoms with E-state index in [0.29, 0.717) is 5.95 Å². The lowest BCUT2D eigenvalue weighted by molar-refractivity contribution is 0.957. The van der Waals surface area contributed by atoms with Crippen LogP contribution < -0.4 is 4.90 Å². The Bertz CT molecular complexity index is 3140. The van der Waals surface area contributed by atoms with Crippen molar-refractivity contribution in [1.29, 1.82) is 0 Å². The maximum absolute atomic E-state index is 5.54. The van der Waals surface area contributed by atoms with Crippen LogP contribution in [0.4, 0.5) is 11.4 Å². The molecule has 0 spiro atoms. The Morgan fingerprint density at radius 2 is 1.29 bits per heavy atom. The van der Waals surface area contributed by atoms with E-state index in [0.717, 1.165) is 39.7 Å². The number of rotatable bonds is 2. The Hall–Kier alpha value is -6.43. The second-order valence-electron chi connectivity index (χ2n) is 13.7. The second kappa shape index (κ2) is 10.5. The average molecular weight is 681 g/mol. The first-order valence-corrected chi connectivity index (χ1v) is 18.5. The smallest absolute Gasteiger partial charge is 0.235 e. The number of fused-ring (bicyclic) bond motifs is 13. The largest absolute Gasteiger partial charge is 0.336 e. The fourth-order valence-electron chi connectivity index (χ4n) is 8.78. The van der Waals surface area contributed by atoms with Gasteiger partial charge in [-0.15, -0.1) is 0 Å². The van der Waals surface area contributed by atoms with Crippen molar-refractivity contribution in [1.82, 2.24) is 14.5 Å². The van der Waals surface area contributed by atoms with Gasteiger partial charge in [0, 0.05) is 60.6 Å². The third kappa shape index (κ3) is 3.83. The third-order valence-corrected chi connectivity index (χ3v) is 12.1. The Morgan fingerprint density at radius 3 is 2.23 bits per heavy atom. The minimum Gasteiger partial charge on any atom is -0.336 e. The molecule has 0 fully saturated rings. The number of para-hydroxylation sites is 2. The molecular formula is C47H28N4S. The zero-order valence-electron chi connectivity index (χ0n) is 27.9. The molecule has 0 N–H and O–H groups in total. The molecule has 12 rings (SSSR count). The van der Waals surface area contributed by atoms with Crippen LogP contribution >= 0.6 is 11.8 Å². The molecule has 0 bridgehead atoms. The summed E-state index contributed by atoms with van der Waals surface area (Å²) in [5.74, 6) is 0.692. The fourth-order valence-corrected chi connectivity index (χ4v) is 9.88. The van der Waals surface area contributed by atoms with Gasteiger partial charge in [0.25, 0.3) is 0 Å². The van der Waals surface area contributed by atoms with E-state index < -0.39 is 0 Å². The molecule has 5 heteroatoms. The monoisotopic (exact) mass is 680 g/mol. The number of nitrogens with zero attached hydrogens (tertiary/aromatic N) is 4. The van der Waals surface area contributed by atoms with Gasteiger partial charge in [0.05, 0.1) is 22.2 Å². The Labute approximate surface area is 303 Å². The van der Waals surface area contributed by atoms with Crippen LogP contribution in [0.3, 0.4) is 0 Å². The number of benzene rings is 8. The van der Waals surface area contributed by atoms with Crippen LogP contribution in [0.2, 0.25) is 0 Å². The first-order valence-electron chi connectivity index (χ1n) is 17.7. The summed E-state index contributed by atoms with van der Waals surface area (Å²) in [5, 5.41) is 8.56. The first-order chi connectivity index (χ1) is 25.8. The summed E-state index contributed by atoms with van der Waals surface area (Å²) in [6, 6.07) is 57.2. The summed E-state index contributed by atoms with van der Waals surface area (Å²) in [5.41, 5.74) is 11.5. The van der Waals surface area contributed by atoms with Gasteiger partial charge in [0.1, 0.15) is 0 Å². The molecule has 8 aromatic carbocycles. The molecule has 0 radical (unpaired) electrons. The zero-order chi connectivity index (χ0) is 33.9. The van der Waals surface area contributed by atoms with Crippen molar-refractivity contribution in [2.75, 3.05) is 4.90 Å². The van der Waals surface area contributed by atoms with Gasteiger partial charge in [0.2, 0.25) is 5.95 Å². The third-order valence-electron chi connectivity index (χ3n) is 11.0. The van der Waals surface area contributed by atoms with E-state index >= 15 is 0 Å². The molecule has 2 aliphatic heterocycles. The lowest BCUT2D eigenvalue weighted by atomic mass is 9.90. The van der Waals surface area contributed by atoms with Crippen LogP contribution in [-0.2, 0) is 6.54 Å². The van der Waals surface area contributed by atoms with Crippen molar-refractivity contribution >= 4 is 77.4 Å². The van der Waals surface area contributed by atoms with Crippen molar-refractivity contribution in [3.63, 3.8) is 0 Å². The van der Waals surface area contributed by atoms with Gasteiger partial charge < -0.3 is 4.90 Å². The summed E-state index contributed by atoms with van der Waals surface area (Å²) in [6.45, 7) is 0.761. The van der Waals surface area contributed by atoms with Crippen LogP contribution in [0, 0.1) is 0 Å². The minimum atomic E-state index is 0.692. The van der Waals surface area contributed by atoms with E-state index in [-0.39, 0.29) is 0 Å². The summed E-state index contributed by atoms with van der Waals surface area (Å²) in [6.07, 6.45) is 0. The summed E-state index contributed by atoms with van der Waals surface area (Å²) < 4.78 is 2.36. The highest BCUT2D eigenvalue weighted by atomic mass is 32.2. The molecule has 10 aromatic rings. The summed E-state index contributed by atoms with van der Waals surface area (Å²) in [7, 11) is 0. The highest BCUT2D eigenvalue weighted by molar-refractivity contribution is 7.99. The van der Waals surface area contributed by atoms with Crippen molar-refractivity contribution in [3.05, 3.63) is 163 Å². The van der Waals surface area contributed by atoms with E-state index in [2.05, 4.69) is 167 Å². The predicted molar refractivity (Wildman–Crippen MR) is 216 cm³/mol. The molecule has 0 aliphatic carbocycles. The quantitative estimate of drug-likeness (QED) is 0.170. The lowest BCUT2D eigenvalue weighted by Crippen LogP contribution is -2.21. The Morgan fingerprint density at radius 1 is 0.519 bits per heavy atom. The molecule has 0 unspecified atom stereocenters. The molecule has 0 saturated carbocycles. The van der Waals surface area contributed by atoms with Crippen molar-refractivity contribution in [2.45, 2.75) is 16.3 Å². The van der Waals surface area contributed by atoms with E-state index in [9.17, 15) is 0 Å². The van der Waals surface area contributed by atoms with Gasteiger partial charge in [-0.2, -0.15) is 0 Å². The standard InChI is InChI=1S/C47H28N4S/c1-2-12-30(13-3-1)50-27-29-22-24-36-43-33-23-21-28-11-4-5-14-31(28)32(33)25-26-39(43)51(46(36)42(29)34-15-6-8-18-38(34)50)47-48-37-17-10-20-41-44(37)45(49-47)35-16-7-9-19-40(35)52-41/h1-26H,27H2. The molecular weight excluding hydrogens is 653 g/mol. The van der Waals surface area contributed by atoms with Crippen molar-refractivity contribution in [3.8, 4) is 28.3 Å². The van der Waals surface area contributed by atoms with E-state index in [1.807, 2.05) is 0 Å². The molecule has 4 heterocycles. The molecule has 4 nitrogen and oxygen atoms in total. The maximum Gasteiger partial charge on any atom is 0.235 e. The van der Waals surface area contributed by atoms with E-state index in [1.165, 1.54) is 70.2 Å². The van der Waals surface area contributed by atoms with Crippen molar-refractivity contribution < 1.29 is 0 Å². The zero-order valence-corrected chi connectivity index (χ0v) is 28.7. The molecule has 0 saturated heterocycles. The Kier molecular flexibility index (Phi) is 5.74. The number of hydrogen-bond donors (Lipinski definition) is 0. The van der Waals surface area contributed by atoms with Crippen molar-refractivity contribution in [2.24, 2.45) is 0 Å². The average Bonchev–Trinajstić information content (AvgIpc) is 3.55. The van der Waals surface area contributed by atoms with Crippen LogP contribution in [0.1, 0.15) is 5.56 Å².